The molecule has 2 amide bonds. The average molecular weight is 299 g/mol. The van der Waals surface area contributed by atoms with E-state index in [1.807, 2.05) is 23.6 Å². The van der Waals surface area contributed by atoms with Gasteiger partial charge in [-0.25, -0.2) is 0 Å². The lowest BCUT2D eigenvalue weighted by molar-refractivity contribution is -0.123. The lowest BCUT2D eigenvalue weighted by Crippen LogP contribution is -2.33. The number of hydrogen-bond donors (Lipinski definition) is 2. The molecule has 0 unspecified atom stereocenters. The number of hydrogen-bond acceptors (Lipinski definition) is 4. The Bertz CT molecular complexity index is 674. The van der Waals surface area contributed by atoms with Crippen molar-refractivity contribution in [1.82, 2.24) is 5.32 Å². The fourth-order valence-corrected chi connectivity index (χ4v) is 2.39. The molecule has 0 aliphatic rings. The number of nitrogens with one attached hydrogen (secondary N) is 2. The summed E-state index contributed by atoms with van der Waals surface area (Å²) in [6.45, 7) is -0.0962. The number of anilines is 1. The molecule has 6 heteroatoms. The number of amides is 2. The first kappa shape index (κ1) is 14.8. The maximum Gasteiger partial charge on any atom is 0.243 e. The monoisotopic (exact) mass is 299 g/mol. The van der Waals surface area contributed by atoms with Gasteiger partial charge in [-0.2, -0.15) is 5.26 Å². The summed E-state index contributed by atoms with van der Waals surface area (Å²) in [6.07, 6.45) is 0.273. The number of thiophene rings is 1. The van der Waals surface area contributed by atoms with Gasteiger partial charge in [-0.15, -0.1) is 11.3 Å². The standard InChI is InChI=1S/C15H13N3O2S/c16-9-11-3-1-4-12(7-11)18-15(20)10-17-14(19)8-13-5-2-6-21-13/h1-7H,8,10H2,(H,17,19)(H,18,20). The van der Waals surface area contributed by atoms with Gasteiger partial charge in [-0.3, -0.25) is 9.59 Å². The summed E-state index contributed by atoms with van der Waals surface area (Å²) in [6, 6.07) is 12.3. The second kappa shape index (κ2) is 7.22. The van der Waals surface area contributed by atoms with Crippen molar-refractivity contribution < 1.29 is 9.59 Å². The summed E-state index contributed by atoms with van der Waals surface area (Å²) >= 11 is 1.50. The van der Waals surface area contributed by atoms with Crippen LogP contribution in [0.4, 0.5) is 5.69 Å². The van der Waals surface area contributed by atoms with Crippen LogP contribution in [-0.2, 0) is 16.0 Å². The average Bonchev–Trinajstić information content (AvgIpc) is 2.98. The Kier molecular flexibility index (Phi) is 5.07. The molecule has 0 saturated heterocycles. The second-order valence-corrected chi connectivity index (χ2v) is 5.31. The van der Waals surface area contributed by atoms with Gasteiger partial charge in [0.15, 0.2) is 0 Å². The van der Waals surface area contributed by atoms with Gasteiger partial charge in [0.2, 0.25) is 11.8 Å². The number of nitriles is 1. The third-order valence-corrected chi connectivity index (χ3v) is 3.51. The number of benzene rings is 1. The van der Waals surface area contributed by atoms with E-state index in [0.717, 1.165) is 4.88 Å². The van der Waals surface area contributed by atoms with Crippen molar-refractivity contribution in [3.8, 4) is 6.07 Å². The summed E-state index contributed by atoms with van der Waals surface area (Å²) in [5, 5.41) is 15.9. The lowest BCUT2D eigenvalue weighted by atomic mass is 10.2. The van der Waals surface area contributed by atoms with E-state index in [0.29, 0.717) is 11.3 Å². The SMILES string of the molecule is N#Cc1cccc(NC(=O)CNC(=O)Cc2cccs2)c1. The van der Waals surface area contributed by atoms with E-state index in [9.17, 15) is 9.59 Å². The molecule has 2 N–H and O–H groups in total. The number of rotatable bonds is 5. The zero-order valence-electron chi connectivity index (χ0n) is 11.1. The number of carbonyl (C=O) groups is 2. The minimum atomic E-state index is -0.329. The number of carbonyl (C=O) groups excluding carboxylic acids is 2. The van der Waals surface area contributed by atoms with Gasteiger partial charge in [-0.1, -0.05) is 12.1 Å². The normalized spacial score (nSPS) is 9.67. The zero-order valence-corrected chi connectivity index (χ0v) is 11.9. The molecule has 0 aliphatic carbocycles. The molecule has 106 valence electrons. The Balaban J connectivity index is 1.79. The van der Waals surface area contributed by atoms with Gasteiger partial charge in [0.25, 0.3) is 0 Å². The van der Waals surface area contributed by atoms with Crippen LogP contribution < -0.4 is 10.6 Å². The van der Waals surface area contributed by atoms with Crippen LogP contribution in [0, 0.1) is 11.3 Å². The first-order chi connectivity index (χ1) is 10.2. The molecule has 0 fully saturated rings. The maximum atomic E-state index is 11.7. The molecule has 2 aromatic rings. The smallest absolute Gasteiger partial charge is 0.243 e. The van der Waals surface area contributed by atoms with E-state index in [1.165, 1.54) is 11.3 Å². The van der Waals surface area contributed by atoms with Gasteiger partial charge in [0, 0.05) is 10.6 Å². The van der Waals surface area contributed by atoms with Crippen molar-refractivity contribution in [3.05, 3.63) is 52.2 Å². The van der Waals surface area contributed by atoms with Gasteiger partial charge in [0.1, 0.15) is 0 Å². The molecule has 21 heavy (non-hydrogen) atoms. The highest BCUT2D eigenvalue weighted by atomic mass is 32.1. The van der Waals surface area contributed by atoms with E-state index in [2.05, 4.69) is 10.6 Å². The van der Waals surface area contributed by atoms with Gasteiger partial charge >= 0.3 is 0 Å². The topological polar surface area (TPSA) is 82.0 Å². The molecule has 5 nitrogen and oxygen atoms in total. The fourth-order valence-electron chi connectivity index (χ4n) is 1.68. The molecule has 2 rings (SSSR count). The largest absolute Gasteiger partial charge is 0.347 e. The van der Waals surface area contributed by atoms with E-state index < -0.39 is 0 Å². The highest BCUT2D eigenvalue weighted by molar-refractivity contribution is 7.10. The van der Waals surface area contributed by atoms with E-state index in [4.69, 9.17) is 5.26 Å². The fraction of sp³-hybridized carbons (Fsp3) is 0.133. The Morgan fingerprint density at radius 1 is 1.19 bits per heavy atom. The second-order valence-electron chi connectivity index (χ2n) is 4.27. The van der Waals surface area contributed by atoms with Crippen molar-refractivity contribution in [2.75, 3.05) is 11.9 Å². The first-order valence-corrected chi connectivity index (χ1v) is 7.14. The molecular weight excluding hydrogens is 286 g/mol. The molecule has 0 spiro atoms. The molecule has 0 aliphatic heterocycles. The molecule has 0 radical (unpaired) electrons. The van der Waals surface area contributed by atoms with Crippen molar-refractivity contribution >= 4 is 28.8 Å². The van der Waals surface area contributed by atoms with Crippen molar-refractivity contribution in [2.24, 2.45) is 0 Å². The molecular formula is C15H13N3O2S. The predicted octanol–water partition coefficient (Wildman–Crippen LogP) is 1.92. The predicted molar refractivity (Wildman–Crippen MR) is 80.8 cm³/mol. The third kappa shape index (κ3) is 4.75. The van der Waals surface area contributed by atoms with Gasteiger partial charge in [0.05, 0.1) is 24.6 Å². The molecule has 0 atom stereocenters. The van der Waals surface area contributed by atoms with Crippen LogP contribution in [0.1, 0.15) is 10.4 Å². The molecule has 1 aromatic carbocycles. The maximum absolute atomic E-state index is 11.7. The minimum absolute atomic E-state index is 0.0962. The molecule has 0 bridgehead atoms. The van der Waals surface area contributed by atoms with Crippen molar-refractivity contribution in [2.45, 2.75) is 6.42 Å². The first-order valence-electron chi connectivity index (χ1n) is 6.26. The summed E-state index contributed by atoms with van der Waals surface area (Å²) in [5.74, 6) is -0.525. The Morgan fingerprint density at radius 3 is 2.76 bits per heavy atom. The third-order valence-electron chi connectivity index (χ3n) is 2.64. The Labute approximate surface area is 126 Å². The van der Waals surface area contributed by atoms with Gasteiger partial charge < -0.3 is 10.6 Å². The Hall–Kier alpha value is -2.65. The van der Waals surface area contributed by atoms with Crippen LogP contribution in [0.25, 0.3) is 0 Å². The molecule has 1 aromatic heterocycles. The van der Waals surface area contributed by atoms with E-state index in [1.54, 1.807) is 24.3 Å². The highest BCUT2D eigenvalue weighted by Crippen LogP contribution is 2.10. The van der Waals surface area contributed by atoms with Gasteiger partial charge in [-0.05, 0) is 29.6 Å². The van der Waals surface area contributed by atoms with Crippen LogP contribution in [0.5, 0.6) is 0 Å². The summed E-state index contributed by atoms with van der Waals surface area (Å²) in [4.78, 5) is 24.3. The lowest BCUT2D eigenvalue weighted by Gasteiger charge is -2.06. The molecule has 0 saturated carbocycles. The van der Waals surface area contributed by atoms with E-state index in [-0.39, 0.29) is 24.8 Å². The summed E-state index contributed by atoms with van der Waals surface area (Å²) in [7, 11) is 0. The van der Waals surface area contributed by atoms with E-state index >= 15 is 0 Å². The van der Waals surface area contributed by atoms with Crippen LogP contribution in [0.15, 0.2) is 41.8 Å². The van der Waals surface area contributed by atoms with Crippen molar-refractivity contribution in [3.63, 3.8) is 0 Å². The van der Waals surface area contributed by atoms with Crippen molar-refractivity contribution in [1.29, 1.82) is 5.26 Å². The van der Waals surface area contributed by atoms with Crippen LogP contribution >= 0.6 is 11.3 Å². The summed E-state index contributed by atoms with van der Waals surface area (Å²) in [5.41, 5.74) is 1.00. The quantitative estimate of drug-likeness (QED) is 0.885. The molecule has 1 heterocycles. The van der Waals surface area contributed by atoms with Crippen LogP contribution in [0.2, 0.25) is 0 Å². The number of nitrogens with zero attached hydrogens (tertiary/aromatic N) is 1. The van der Waals surface area contributed by atoms with Crippen LogP contribution in [0.3, 0.4) is 0 Å². The summed E-state index contributed by atoms with van der Waals surface area (Å²) < 4.78 is 0. The zero-order chi connectivity index (χ0) is 15.1. The minimum Gasteiger partial charge on any atom is -0.347 e. The highest BCUT2D eigenvalue weighted by Gasteiger charge is 2.07. The Morgan fingerprint density at radius 2 is 2.05 bits per heavy atom. The van der Waals surface area contributed by atoms with Crippen LogP contribution in [-0.4, -0.2) is 18.4 Å².